The van der Waals surface area contributed by atoms with Gasteiger partial charge in [0.25, 0.3) is 0 Å². The van der Waals surface area contributed by atoms with Gasteiger partial charge in [-0.2, -0.15) is 0 Å². The van der Waals surface area contributed by atoms with Crippen LogP contribution in [0.5, 0.6) is 0 Å². The van der Waals surface area contributed by atoms with E-state index in [1.807, 2.05) is 60.7 Å². The van der Waals surface area contributed by atoms with E-state index in [9.17, 15) is 10.2 Å². The maximum absolute atomic E-state index is 10.5. The van der Waals surface area contributed by atoms with Crippen LogP contribution in [-0.4, -0.2) is 47.8 Å². The molecule has 0 radical (unpaired) electrons. The van der Waals surface area contributed by atoms with E-state index in [1.54, 1.807) is 0 Å². The Morgan fingerprint density at radius 2 is 1.23 bits per heavy atom. The Balaban J connectivity index is 1.51. The van der Waals surface area contributed by atoms with Gasteiger partial charge in [0.05, 0.1) is 13.2 Å². The highest BCUT2D eigenvalue weighted by atomic mass is 16.7. The van der Waals surface area contributed by atoms with Gasteiger partial charge in [0.15, 0.2) is 12.6 Å². The highest BCUT2D eigenvalue weighted by Gasteiger charge is 2.43. The van der Waals surface area contributed by atoms with E-state index >= 15 is 0 Å². The highest BCUT2D eigenvalue weighted by Crippen LogP contribution is 2.34. The molecule has 138 valence electrons. The summed E-state index contributed by atoms with van der Waals surface area (Å²) < 4.78 is 23.4. The SMILES string of the molecule is O[C@H]1[C@@H]([C@H]2COC(c3ccccc3)O2)OC(c2ccccc2)OC[C@@H]1O. The van der Waals surface area contributed by atoms with Crippen LogP contribution >= 0.6 is 0 Å². The summed E-state index contributed by atoms with van der Waals surface area (Å²) in [4.78, 5) is 0. The summed E-state index contributed by atoms with van der Waals surface area (Å²) in [6.07, 6.45) is -4.69. The summed E-state index contributed by atoms with van der Waals surface area (Å²) in [6, 6.07) is 19.0. The van der Waals surface area contributed by atoms with Crippen molar-refractivity contribution >= 4 is 0 Å². The number of aliphatic hydroxyl groups excluding tert-OH is 2. The fourth-order valence-corrected chi connectivity index (χ4v) is 3.24. The zero-order valence-electron chi connectivity index (χ0n) is 14.2. The third kappa shape index (κ3) is 3.66. The molecule has 0 amide bonds. The van der Waals surface area contributed by atoms with Gasteiger partial charge in [-0.05, 0) is 0 Å². The molecule has 2 heterocycles. The average molecular weight is 358 g/mol. The third-order valence-electron chi connectivity index (χ3n) is 4.65. The molecule has 6 atom stereocenters. The minimum atomic E-state index is -1.13. The molecular weight excluding hydrogens is 336 g/mol. The van der Waals surface area contributed by atoms with Gasteiger partial charge < -0.3 is 29.2 Å². The number of aliphatic hydroxyl groups is 2. The van der Waals surface area contributed by atoms with Crippen molar-refractivity contribution < 1.29 is 29.2 Å². The van der Waals surface area contributed by atoms with Crippen LogP contribution in [-0.2, 0) is 18.9 Å². The minimum Gasteiger partial charge on any atom is -0.388 e. The predicted octanol–water partition coefficient (Wildman–Crippen LogP) is 1.94. The van der Waals surface area contributed by atoms with Crippen LogP contribution < -0.4 is 0 Å². The van der Waals surface area contributed by atoms with Crippen molar-refractivity contribution in [1.82, 2.24) is 0 Å². The Kier molecular flexibility index (Phi) is 5.31. The van der Waals surface area contributed by atoms with Gasteiger partial charge >= 0.3 is 0 Å². The van der Waals surface area contributed by atoms with Crippen LogP contribution in [0.2, 0.25) is 0 Å². The van der Waals surface area contributed by atoms with Crippen molar-refractivity contribution in [3.8, 4) is 0 Å². The lowest BCUT2D eigenvalue weighted by Crippen LogP contribution is -2.46. The van der Waals surface area contributed by atoms with Gasteiger partial charge in [0.2, 0.25) is 0 Å². The van der Waals surface area contributed by atoms with E-state index in [-0.39, 0.29) is 13.2 Å². The third-order valence-corrected chi connectivity index (χ3v) is 4.65. The van der Waals surface area contributed by atoms with Crippen LogP contribution in [0.25, 0.3) is 0 Å². The summed E-state index contributed by atoms with van der Waals surface area (Å²) in [7, 11) is 0. The summed E-state index contributed by atoms with van der Waals surface area (Å²) >= 11 is 0. The minimum absolute atomic E-state index is 0.0209. The molecule has 6 nitrogen and oxygen atoms in total. The molecule has 2 aromatic carbocycles. The molecule has 2 fully saturated rings. The number of hydrogen-bond donors (Lipinski definition) is 2. The number of ether oxygens (including phenoxy) is 4. The molecule has 2 N–H and O–H groups in total. The second-order valence-corrected chi connectivity index (χ2v) is 6.49. The summed E-state index contributed by atoms with van der Waals surface area (Å²) in [6.45, 7) is 0.239. The lowest BCUT2D eigenvalue weighted by atomic mass is 10.0. The Bertz CT molecular complexity index is 694. The Morgan fingerprint density at radius 1 is 0.692 bits per heavy atom. The van der Waals surface area contributed by atoms with E-state index in [0.717, 1.165) is 11.1 Å². The first-order valence-corrected chi connectivity index (χ1v) is 8.72. The van der Waals surface area contributed by atoms with Crippen molar-refractivity contribution in [2.24, 2.45) is 0 Å². The van der Waals surface area contributed by atoms with Crippen molar-refractivity contribution in [1.29, 1.82) is 0 Å². The fraction of sp³-hybridized carbons (Fsp3) is 0.400. The molecule has 2 aromatic rings. The number of benzene rings is 2. The molecule has 0 aliphatic carbocycles. The standard InChI is InChI=1S/C20H22O6/c21-15-11-23-20(14-9-5-2-6-10-14)26-18(17(15)22)16-12-24-19(25-16)13-7-3-1-4-8-13/h1-10,15-22H,11-12H2/t15-,16+,17+,18+,19?,20?/m0/s1. The summed E-state index contributed by atoms with van der Waals surface area (Å²) in [5.41, 5.74) is 1.71. The maximum Gasteiger partial charge on any atom is 0.184 e. The van der Waals surface area contributed by atoms with Crippen LogP contribution in [0.1, 0.15) is 23.7 Å². The van der Waals surface area contributed by atoms with Gasteiger partial charge in [-0.15, -0.1) is 0 Å². The number of rotatable bonds is 3. The van der Waals surface area contributed by atoms with Crippen LogP contribution in [0.4, 0.5) is 0 Å². The smallest absolute Gasteiger partial charge is 0.184 e. The highest BCUT2D eigenvalue weighted by molar-refractivity contribution is 5.18. The second-order valence-electron chi connectivity index (χ2n) is 6.49. The van der Waals surface area contributed by atoms with Crippen LogP contribution in [0, 0.1) is 0 Å². The maximum atomic E-state index is 10.5. The van der Waals surface area contributed by atoms with E-state index < -0.39 is 37.0 Å². The Hall–Kier alpha value is -1.80. The van der Waals surface area contributed by atoms with Crippen molar-refractivity contribution in [2.75, 3.05) is 13.2 Å². The molecule has 2 unspecified atom stereocenters. The normalized spacial score (nSPS) is 35.2. The van der Waals surface area contributed by atoms with E-state index in [1.165, 1.54) is 0 Å². The van der Waals surface area contributed by atoms with Gasteiger partial charge in [0, 0.05) is 11.1 Å². The average Bonchev–Trinajstić information content (AvgIpc) is 3.13. The largest absolute Gasteiger partial charge is 0.388 e. The summed E-state index contributed by atoms with van der Waals surface area (Å²) in [5, 5.41) is 20.7. The molecule has 2 aliphatic rings. The zero-order valence-corrected chi connectivity index (χ0v) is 14.2. The van der Waals surface area contributed by atoms with Gasteiger partial charge in [0.1, 0.15) is 24.4 Å². The molecular formula is C20H22O6. The topological polar surface area (TPSA) is 77.4 Å². The molecule has 4 rings (SSSR count). The molecule has 0 saturated carbocycles. The molecule has 0 bridgehead atoms. The van der Waals surface area contributed by atoms with Gasteiger partial charge in [-0.3, -0.25) is 0 Å². The number of hydrogen-bond acceptors (Lipinski definition) is 6. The van der Waals surface area contributed by atoms with Crippen molar-refractivity contribution in [3.63, 3.8) is 0 Å². The van der Waals surface area contributed by atoms with Crippen LogP contribution in [0.3, 0.4) is 0 Å². The molecule has 2 saturated heterocycles. The fourth-order valence-electron chi connectivity index (χ4n) is 3.24. The monoisotopic (exact) mass is 358 g/mol. The van der Waals surface area contributed by atoms with E-state index in [0.29, 0.717) is 0 Å². The second kappa shape index (κ2) is 7.84. The van der Waals surface area contributed by atoms with Crippen molar-refractivity contribution in [3.05, 3.63) is 71.8 Å². The van der Waals surface area contributed by atoms with E-state index in [4.69, 9.17) is 18.9 Å². The predicted molar refractivity (Wildman–Crippen MR) is 92.0 cm³/mol. The first-order chi connectivity index (χ1) is 12.7. The molecule has 0 spiro atoms. The molecule has 6 heteroatoms. The molecule has 2 aliphatic heterocycles. The lowest BCUT2D eigenvalue weighted by Gasteiger charge is -2.28. The first kappa shape index (κ1) is 17.6. The molecule has 0 aromatic heterocycles. The quantitative estimate of drug-likeness (QED) is 0.873. The lowest BCUT2D eigenvalue weighted by molar-refractivity contribution is -0.200. The Morgan fingerprint density at radius 3 is 1.85 bits per heavy atom. The Labute approximate surface area is 151 Å². The van der Waals surface area contributed by atoms with Gasteiger partial charge in [-0.1, -0.05) is 60.7 Å². The first-order valence-electron chi connectivity index (χ1n) is 8.72. The zero-order chi connectivity index (χ0) is 17.9. The van der Waals surface area contributed by atoms with E-state index in [2.05, 4.69) is 0 Å². The van der Waals surface area contributed by atoms with Gasteiger partial charge in [-0.25, -0.2) is 0 Å². The van der Waals surface area contributed by atoms with Crippen molar-refractivity contribution in [2.45, 2.75) is 37.0 Å². The molecule has 26 heavy (non-hydrogen) atoms. The summed E-state index contributed by atoms with van der Waals surface area (Å²) in [5.74, 6) is 0. The van der Waals surface area contributed by atoms with Crippen LogP contribution in [0.15, 0.2) is 60.7 Å².